The number of amides is 1. The molecule has 3 aromatic rings. The number of hydrogen-bond donors (Lipinski definition) is 1. The molecule has 3 rings (SSSR count). The number of carbonyl (C=O) groups excluding carboxylic acids is 3. The van der Waals surface area contributed by atoms with E-state index in [1.807, 2.05) is 30.3 Å². The first-order valence-electron chi connectivity index (χ1n) is 8.75. The van der Waals surface area contributed by atoms with Gasteiger partial charge in [0.2, 0.25) is 5.69 Å². The van der Waals surface area contributed by atoms with Crippen LogP contribution >= 0.6 is 0 Å². The summed E-state index contributed by atoms with van der Waals surface area (Å²) in [7, 11) is 1.41. The molecule has 148 valence electrons. The smallest absolute Gasteiger partial charge is 0.363 e. The number of aromatic nitrogens is 2. The van der Waals surface area contributed by atoms with Crippen molar-refractivity contribution in [2.75, 3.05) is 19.0 Å². The fourth-order valence-electron chi connectivity index (χ4n) is 2.65. The third-order valence-corrected chi connectivity index (χ3v) is 4.03. The number of carbonyl (C=O) groups is 3. The van der Waals surface area contributed by atoms with Crippen LogP contribution in [0.5, 0.6) is 5.75 Å². The molecule has 0 aliphatic carbocycles. The maximum absolute atomic E-state index is 12.4. The number of ether oxygens (including phenoxy) is 2. The summed E-state index contributed by atoms with van der Waals surface area (Å²) in [5.41, 5.74) is 1.42. The SMILES string of the molecule is COc1cn(-c2ccccc2)nc1C(=O)OCC(=O)Nc1ccccc1C(C)=O. The van der Waals surface area contributed by atoms with Crippen LogP contribution in [0.3, 0.4) is 0 Å². The van der Waals surface area contributed by atoms with Crippen molar-refractivity contribution in [1.82, 2.24) is 9.78 Å². The molecule has 0 saturated heterocycles. The zero-order valence-corrected chi connectivity index (χ0v) is 15.9. The van der Waals surface area contributed by atoms with Gasteiger partial charge in [-0.2, -0.15) is 5.10 Å². The van der Waals surface area contributed by atoms with Crippen molar-refractivity contribution in [3.8, 4) is 11.4 Å². The molecule has 0 saturated carbocycles. The molecule has 0 radical (unpaired) electrons. The van der Waals surface area contributed by atoms with Crippen molar-refractivity contribution in [2.45, 2.75) is 6.92 Å². The molecule has 2 aromatic carbocycles. The lowest BCUT2D eigenvalue weighted by atomic mass is 10.1. The Morgan fingerprint density at radius 2 is 1.72 bits per heavy atom. The van der Waals surface area contributed by atoms with Gasteiger partial charge in [0.1, 0.15) is 0 Å². The third kappa shape index (κ3) is 4.67. The first-order valence-corrected chi connectivity index (χ1v) is 8.75. The number of nitrogens with one attached hydrogen (secondary N) is 1. The molecular formula is C21H19N3O5. The molecule has 0 aliphatic rings. The maximum Gasteiger partial charge on any atom is 0.363 e. The van der Waals surface area contributed by atoms with Gasteiger partial charge in [0.15, 0.2) is 18.1 Å². The number of methoxy groups -OCH3 is 1. The quantitative estimate of drug-likeness (QED) is 0.489. The molecular weight excluding hydrogens is 374 g/mol. The minimum Gasteiger partial charge on any atom is -0.493 e. The number of benzene rings is 2. The van der Waals surface area contributed by atoms with Crippen LogP contribution in [-0.2, 0) is 9.53 Å². The van der Waals surface area contributed by atoms with Gasteiger partial charge in [-0.25, -0.2) is 9.48 Å². The number of anilines is 1. The molecule has 0 fully saturated rings. The Morgan fingerprint density at radius 3 is 2.41 bits per heavy atom. The van der Waals surface area contributed by atoms with Gasteiger partial charge in [-0.05, 0) is 31.2 Å². The summed E-state index contributed by atoms with van der Waals surface area (Å²) in [6, 6.07) is 15.8. The molecule has 8 nitrogen and oxygen atoms in total. The van der Waals surface area contributed by atoms with Gasteiger partial charge in [-0.3, -0.25) is 9.59 Å². The second-order valence-electron chi connectivity index (χ2n) is 6.05. The van der Waals surface area contributed by atoms with Gasteiger partial charge < -0.3 is 14.8 Å². The normalized spacial score (nSPS) is 10.3. The van der Waals surface area contributed by atoms with Crippen LogP contribution in [-0.4, -0.2) is 41.2 Å². The van der Waals surface area contributed by atoms with E-state index in [1.165, 1.54) is 18.7 Å². The molecule has 0 aliphatic heterocycles. The Bertz CT molecular complexity index is 1040. The zero-order chi connectivity index (χ0) is 20.8. The van der Waals surface area contributed by atoms with E-state index in [0.717, 1.165) is 5.69 Å². The first-order chi connectivity index (χ1) is 14.0. The lowest BCUT2D eigenvalue weighted by Gasteiger charge is -2.09. The summed E-state index contributed by atoms with van der Waals surface area (Å²) >= 11 is 0. The largest absolute Gasteiger partial charge is 0.493 e. The highest BCUT2D eigenvalue weighted by Crippen LogP contribution is 2.20. The molecule has 0 spiro atoms. The van der Waals surface area contributed by atoms with E-state index in [2.05, 4.69) is 10.4 Å². The lowest BCUT2D eigenvalue weighted by molar-refractivity contribution is -0.119. The molecule has 0 bridgehead atoms. The number of nitrogens with zero attached hydrogens (tertiary/aromatic N) is 2. The molecule has 29 heavy (non-hydrogen) atoms. The van der Waals surface area contributed by atoms with Crippen LogP contribution in [0, 0.1) is 0 Å². The highest BCUT2D eigenvalue weighted by molar-refractivity contribution is 6.04. The van der Waals surface area contributed by atoms with Crippen LogP contribution < -0.4 is 10.1 Å². The number of Topliss-reactive ketones (excluding diaryl/α,β-unsaturated/α-hetero) is 1. The monoisotopic (exact) mass is 393 g/mol. The van der Waals surface area contributed by atoms with Crippen molar-refractivity contribution in [3.63, 3.8) is 0 Å². The Balaban J connectivity index is 1.67. The Morgan fingerprint density at radius 1 is 1.03 bits per heavy atom. The van der Waals surface area contributed by atoms with Crippen molar-refractivity contribution < 1.29 is 23.9 Å². The number of hydrogen-bond acceptors (Lipinski definition) is 6. The van der Waals surface area contributed by atoms with Gasteiger partial charge in [0.05, 0.1) is 24.7 Å². The van der Waals surface area contributed by atoms with Crippen LogP contribution in [0.1, 0.15) is 27.8 Å². The average Bonchev–Trinajstić information content (AvgIpc) is 3.17. The average molecular weight is 393 g/mol. The van der Waals surface area contributed by atoms with Crippen molar-refractivity contribution >= 4 is 23.3 Å². The Labute approximate surface area is 167 Å². The fourth-order valence-corrected chi connectivity index (χ4v) is 2.65. The summed E-state index contributed by atoms with van der Waals surface area (Å²) in [6.07, 6.45) is 1.55. The van der Waals surface area contributed by atoms with Gasteiger partial charge in [0.25, 0.3) is 5.91 Å². The molecule has 8 heteroatoms. The highest BCUT2D eigenvalue weighted by atomic mass is 16.5. The zero-order valence-electron chi connectivity index (χ0n) is 15.9. The number of para-hydroxylation sites is 2. The predicted octanol–water partition coefficient (Wildman–Crippen LogP) is 2.88. The number of ketones is 1. The molecule has 0 unspecified atom stereocenters. The van der Waals surface area contributed by atoms with E-state index in [0.29, 0.717) is 11.3 Å². The van der Waals surface area contributed by atoms with E-state index >= 15 is 0 Å². The maximum atomic E-state index is 12.4. The number of rotatable bonds is 7. The first kappa shape index (κ1) is 19.8. The second kappa shape index (κ2) is 8.83. The lowest BCUT2D eigenvalue weighted by Crippen LogP contribution is -2.22. The van der Waals surface area contributed by atoms with E-state index in [4.69, 9.17) is 9.47 Å². The van der Waals surface area contributed by atoms with E-state index in [9.17, 15) is 14.4 Å². The van der Waals surface area contributed by atoms with E-state index < -0.39 is 18.5 Å². The minimum absolute atomic E-state index is 0.0479. The van der Waals surface area contributed by atoms with E-state index in [1.54, 1.807) is 30.5 Å². The van der Waals surface area contributed by atoms with Crippen LogP contribution in [0.25, 0.3) is 5.69 Å². The third-order valence-electron chi connectivity index (χ3n) is 4.03. The molecule has 1 heterocycles. The predicted molar refractivity (Wildman–Crippen MR) is 105 cm³/mol. The summed E-state index contributed by atoms with van der Waals surface area (Å²) in [4.78, 5) is 36.2. The highest BCUT2D eigenvalue weighted by Gasteiger charge is 2.21. The van der Waals surface area contributed by atoms with Crippen molar-refractivity contribution in [2.24, 2.45) is 0 Å². The minimum atomic E-state index is -0.800. The van der Waals surface area contributed by atoms with Gasteiger partial charge in [0, 0.05) is 5.56 Å². The Hall–Kier alpha value is -3.94. The number of esters is 1. The van der Waals surface area contributed by atoms with Gasteiger partial charge in [-0.1, -0.05) is 30.3 Å². The van der Waals surface area contributed by atoms with Crippen molar-refractivity contribution in [1.29, 1.82) is 0 Å². The molecule has 1 amide bonds. The molecule has 1 N–H and O–H groups in total. The summed E-state index contributed by atoms with van der Waals surface area (Å²) in [6.45, 7) is 0.868. The van der Waals surface area contributed by atoms with Gasteiger partial charge in [-0.15, -0.1) is 0 Å². The standard InChI is InChI=1S/C21H19N3O5/c1-14(25)16-10-6-7-11-17(16)22-19(26)13-29-21(27)20-18(28-2)12-24(23-20)15-8-4-3-5-9-15/h3-12H,13H2,1-2H3,(H,22,26). The molecule has 1 aromatic heterocycles. The van der Waals surface area contributed by atoms with Crippen LogP contribution in [0.15, 0.2) is 60.8 Å². The molecule has 0 atom stereocenters. The summed E-state index contributed by atoms with van der Waals surface area (Å²) in [5.74, 6) is -1.34. The summed E-state index contributed by atoms with van der Waals surface area (Å²) in [5, 5.41) is 6.76. The van der Waals surface area contributed by atoms with Crippen LogP contribution in [0.2, 0.25) is 0 Å². The topological polar surface area (TPSA) is 99.5 Å². The summed E-state index contributed by atoms with van der Waals surface area (Å²) < 4.78 is 11.7. The van der Waals surface area contributed by atoms with E-state index in [-0.39, 0.29) is 17.2 Å². The van der Waals surface area contributed by atoms with Crippen molar-refractivity contribution in [3.05, 3.63) is 72.1 Å². The van der Waals surface area contributed by atoms with Gasteiger partial charge >= 0.3 is 5.97 Å². The fraction of sp³-hybridized carbons (Fsp3) is 0.143. The van der Waals surface area contributed by atoms with Crippen LogP contribution in [0.4, 0.5) is 5.69 Å². The second-order valence-corrected chi connectivity index (χ2v) is 6.05. The Kier molecular flexibility index (Phi) is 6.03.